The molecule has 2 rings (SSSR count). The van der Waals surface area contributed by atoms with Gasteiger partial charge in [-0.2, -0.15) is 0 Å². The van der Waals surface area contributed by atoms with Crippen LogP contribution in [0.3, 0.4) is 0 Å². The summed E-state index contributed by atoms with van der Waals surface area (Å²) in [6.07, 6.45) is 3.41. The van der Waals surface area contributed by atoms with Crippen LogP contribution >= 0.6 is 0 Å². The van der Waals surface area contributed by atoms with Gasteiger partial charge in [0.2, 0.25) is 0 Å². The van der Waals surface area contributed by atoms with Gasteiger partial charge in [0, 0.05) is 13.0 Å². The van der Waals surface area contributed by atoms with E-state index in [1.807, 2.05) is 4.57 Å². The van der Waals surface area contributed by atoms with Gasteiger partial charge in [0.05, 0.1) is 0 Å². The van der Waals surface area contributed by atoms with E-state index in [9.17, 15) is 0 Å². The molecule has 0 atom stereocenters. The molecule has 2 heterocycles. The van der Waals surface area contributed by atoms with E-state index in [0.717, 1.165) is 18.8 Å². The van der Waals surface area contributed by atoms with Gasteiger partial charge in [-0.15, -0.1) is 0 Å². The summed E-state index contributed by atoms with van der Waals surface area (Å²) in [6, 6.07) is 0. The highest BCUT2D eigenvalue weighted by Crippen LogP contribution is 2.22. The van der Waals surface area contributed by atoms with Crippen molar-refractivity contribution in [3.8, 4) is 0 Å². The molecule has 4 N–H and O–H groups in total. The van der Waals surface area contributed by atoms with E-state index >= 15 is 0 Å². The van der Waals surface area contributed by atoms with Gasteiger partial charge in [0.15, 0.2) is 5.82 Å². The minimum Gasteiger partial charge on any atom is -0.382 e. The third kappa shape index (κ3) is 0.859. The number of fused-ring (bicyclic) bond motifs is 1. The number of hydrogen-bond acceptors (Lipinski definition) is 3. The molecule has 0 amide bonds. The number of aromatic nitrogens is 2. The maximum Gasteiger partial charge on any atom is 0.166 e. The Kier molecular flexibility index (Phi) is 1.27. The van der Waals surface area contributed by atoms with Crippen LogP contribution in [0.5, 0.6) is 0 Å². The Balaban J connectivity index is 2.50. The molecule has 4 heteroatoms. The highest BCUT2D eigenvalue weighted by molar-refractivity contribution is 5.54. The van der Waals surface area contributed by atoms with E-state index in [2.05, 4.69) is 4.98 Å². The second-order valence-electron chi connectivity index (χ2n) is 2.91. The first-order chi connectivity index (χ1) is 5.29. The number of nitrogens with zero attached hydrogens (tertiary/aromatic N) is 2. The number of rotatable bonds is 0. The van der Waals surface area contributed by atoms with Crippen molar-refractivity contribution in [2.75, 3.05) is 11.5 Å². The highest BCUT2D eigenvalue weighted by atomic mass is 15.2. The maximum atomic E-state index is 5.70. The van der Waals surface area contributed by atoms with Crippen LogP contribution in [-0.4, -0.2) is 9.55 Å². The molecule has 0 saturated heterocycles. The fourth-order valence-corrected chi connectivity index (χ4v) is 1.53. The van der Waals surface area contributed by atoms with Gasteiger partial charge in [-0.05, 0) is 12.8 Å². The van der Waals surface area contributed by atoms with E-state index in [-0.39, 0.29) is 0 Å². The van der Waals surface area contributed by atoms with Crippen molar-refractivity contribution >= 4 is 11.6 Å². The summed E-state index contributed by atoms with van der Waals surface area (Å²) in [7, 11) is 0. The molecule has 4 nitrogen and oxygen atoms in total. The lowest BCUT2D eigenvalue weighted by Gasteiger charge is -2.13. The number of imidazole rings is 1. The number of nitrogen functional groups attached to an aromatic ring is 2. The molecular weight excluding hydrogens is 140 g/mol. The molecule has 1 aliphatic rings. The van der Waals surface area contributed by atoms with Crippen molar-refractivity contribution in [3.05, 3.63) is 5.82 Å². The minimum atomic E-state index is 0.488. The van der Waals surface area contributed by atoms with Crippen LogP contribution in [-0.2, 0) is 13.0 Å². The molecule has 1 aliphatic heterocycles. The quantitative estimate of drug-likeness (QED) is 0.564. The monoisotopic (exact) mass is 152 g/mol. The lowest BCUT2D eigenvalue weighted by molar-refractivity contribution is 0.527. The first kappa shape index (κ1) is 6.52. The molecular formula is C7H12N4. The fraction of sp³-hybridized carbons (Fsp3) is 0.571. The summed E-state index contributed by atoms with van der Waals surface area (Å²) in [4.78, 5) is 4.17. The summed E-state index contributed by atoms with van der Waals surface area (Å²) >= 11 is 0. The average molecular weight is 152 g/mol. The molecule has 0 aromatic carbocycles. The second-order valence-corrected chi connectivity index (χ2v) is 2.91. The summed E-state index contributed by atoms with van der Waals surface area (Å²) < 4.78 is 2.01. The Morgan fingerprint density at radius 3 is 2.82 bits per heavy atom. The molecule has 0 bridgehead atoms. The van der Waals surface area contributed by atoms with Gasteiger partial charge in [0.1, 0.15) is 11.6 Å². The molecule has 11 heavy (non-hydrogen) atoms. The van der Waals surface area contributed by atoms with Crippen LogP contribution in [0, 0.1) is 0 Å². The molecule has 0 fully saturated rings. The van der Waals surface area contributed by atoms with Crippen LogP contribution in [0.4, 0.5) is 11.6 Å². The Labute approximate surface area is 65.2 Å². The number of anilines is 2. The molecule has 60 valence electrons. The molecule has 0 spiro atoms. The van der Waals surface area contributed by atoms with E-state index in [4.69, 9.17) is 11.5 Å². The lowest BCUT2D eigenvalue weighted by Crippen LogP contribution is -2.12. The number of nitrogens with two attached hydrogens (primary N) is 2. The van der Waals surface area contributed by atoms with Gasteiger partial charge >= 0.3 is 0 Å². The van der Waals surface area contributed by atoms with Crippen molar-refractivity contribution in [1.82, 2.24) is 9.55 Å². The van der Waals surface area contributed by atoms with Crippen LogP contribution < -0.4 is 11.5 Å². The number of hydrogen-bond donors (Lipinski definition) is 2. The Bertz CT molecular complexity index is 276. The predicted molar refractivity (Wildman–Crippen MR) is 44.0 cm³/mol. The van der Waals surface area contributed by atoms with Gasteiger partial charge in [-0.3, -0.25) is 0 Å². The van der Waals surface area contributed by atoms with Crippen molar-refractivity contribution in [2.45, 2.75) is 25.8 Å². The molecule has 0 aliphatic carbocycles. The average Bonchev–Trinajstić information content (AvgIpc) is 2.30. The van der Waals surface area contributed by atoms with Gasteiger partial charge in [0.25, 0.3) is 0 Å². The standard InChI is InChI=1S/C7H12N4/c8-6-7(9)11-4-2-1-3-5(11)10-6/h1-4,8-9H2. The third-order valence-corrected chi connectivity index (χ3v) is 2.15. The molecule has 1 aromatic rings. The van der Waals surface area contributed by atoms with Gasteiger partial charge in [-0.25, -0.2) is 4.98 Å². The Hall–Kier alpha value is -1.19. The Morgan fingerprint density at radius 1 is 1.27 bits per heavy atom. The predicted octanol–water partition coefficient (Wildman–Crippen LogP) is 0.384. The maximum absolute atomic E-state index is 5.70. The fourth-order valence-electron chi connectivity index (χ4n) is 1.53. The van der Waals surface area contributed by atoms with E-state index < -0.39 is 0 Å². The summed E-state index contributed by atoms with van der Waals surface area (Å²) in [5.41, 5.74) is 11.3. The Morgan fingerprint density at radius 2 is 2.09 bits per heavy atom. The van der Waals surface area contributed by atoms with Crippen molar-refractivity contribution in [3.63, 3.8) is 0 Å². The van der Waals surface area contributed by atoms with E-state index in [1.54, 1.807) is 0 Å². The second kappa shape index (κ2) is 2.15. The van der Waals surface area contributed by atoms with Crippen LogP contribution in [0.15, 0.2) is 0 Å². The normalized spacial score (nSPS) is 16.4. The smallest absolute Gasteiger partial charge is 0.166 e. The molecule has 0 radical (unpaired) electrons. The first-order valence-electron chi connectivity index (χ1n) is 3.89. The van der Waals surface area contributed by atoms with E-state index in [1.165, 1.54) is 12.8 Å². The topological polar surface area (TPSA) is 69.9 Å². The van der Waals surface area contributed by atoms with Crippen LogP contribution in [0.1, 0.15) is 18.7 Å². The minimum absolute atomic E-state index is 0.488. The van der Waals surface area contributed by atoms with Crippen molar-refractivity contribution in [2.24, 2.45) is 0 Å². The van der Waals surface area contributed by atoms with Crippen LogP contribution in [0.25, 0.3) is 0 Å². The molecule has 0 unspecified atom stereocenters. The van der Waals surface area contributed by atoms with Crippen molar-refractivity contribution in [1.29, 1.82) is 0 Å². The SMILES string of the molecule is Nc1nc2n(c1N)CCCC2. The van der Waals surface area contributed by atoms with Crippen molar-refractivity contribution < 1.29 is 0 Å². The zero-order valence-electron chi connectivity index (χ0n) is 6.38. The molecule has 1 aromatic heterocycles. The lowest BCUT2D eigenvalue weighted by atomic mass is 10.2. The van der Waals surface area contributed by atoms with Gasteiger partial charge < -0.3 is 16.0 Å². The third-order valence-electron chi connectivity index (χ3n) is 2.15. The van der Waals surface area contributed by atoms with Gasteiger partial charge in [-0.1, -0.05) is 0 Å². The number of aryl methyl sites for hydroxylation is 1. The van der Waals surface area contributed by atoms with Crippen LogP contribution in [0.2, 0.25) is 0 Å². The zero-order chi connectivity index (χ0) is 7.84. The summed E-state index contributed by atoms with van der Waals surface area (Å²) in [6.45, 7) is 0.978. The summed E-state index contributed by atoms with van der Waals surface area (Å²) in [5, 5.41) is 0. The van der Waals surface area contributed by atoms with E-state index in [0.29, 0.717) is 11.6 Å². The zero-order valence-corrected chi connectivity index (χ0v) is 6.38. The highest BCUT2D eigenvalue weighted by Gasteiger charge is 2.14. The largest absolute Gasteiger partial charge is 0.382 e. The molecule has 0 saturated carbocycles. The summed E-state index contributed by atoms with van der Waals surface area (Å²) in [5.74, 6) is 2.17. The first-order valence-corrected chi connectivity index (χ1v) is 3.89.